The molecule has 1 unspecified atom stereocenters. The number of hydrogen-bond acceptors (Lipinski definition) is 4. The second-order valence-electron chi connectivity index (χ2n) is 7.31. The number of rotatable bonds is 2. The maximum absolute atomic E-state index is 13.5. The van der Waals surface area contributed by atoms with Crippen molar-refractivity contribution in [3.05, 3.63) is 48.8 Å². The second kappa shape index (κ2) is 6.18. The maximum atomic E-state index is 13.5. The van der Waals surface area contributed by atoms with Gasteiger partial charge in [-0.1, -0.05) is 12.1 Å². The summed E-state index contributed by atoms with van der Waals surface area (Å²) in [7, 11) is 0. The van der Waals surface area contributed by atoms with E-state index in [1.54, 1.807) is 43.3 Å². The number of aromatic nitrogens is 3. The highest BCUT2D eigenvalue weighted by atomic mass is 19.4. The average Bonchev–Trinajstić information content (AvgIpc) is 2.96. The van der Waals surface area contributed by atoms with Gasteiger partial charge in [0.05, 0.1) is 11.4 Å². The number of benzene rings is 1. The van der Waals surface area contributed by atoms with Crippen molar-refractivity contribution in [3.8, 4) is 11.4 Å². The van der Waals surface area contributed by atoms with Gasteiger partial charge in [0, 0.05) is 35.4 Å². The molecule has 0 saturated carbocycles. The van der Waals surface area contributed by atoms with E-state index in [2.05, 4.69) is 15.0 Å². The van der Waals surface area contributed by atoms with Crippen molar-refractivity contribution in [2.24, 2.45) is 5.92 Å². The summed E-state index contributed by atoms with van der Waals surface area (Å²) in [5.41, 5.74) is 0.396. The molecule has 1 aliphatic rings. The molecule has 1 aliphatic heterocycles. The van der Waals surface area contributed by atoms with Gasteiger partial charge >= 0.3 is 6.18 Å². The molecular weight excluding hydrogens is 353 g/mol. The fourth-order valence-corrected chi connectivity index (χ4v) is 3.93. The Labute approximate surface area is 155 Å². The van der Waals surface area contributed by atoms with Crippen molar-refractivity contribution >= 4 is 16.7 Å². The van der Waals surface area contributed by atoms with Crippen molar-refractivity contribution in [2.75, 3.05) is 11.4 Å². The van der Waals surface area contributed by atoms with Gasteiger partial charge in [-0.15, -0.1) is 0 Å². The van der Waals surface area contributed by atoms with Crippen molar-refractivity contribution in [2.45, 2.75) is 32.0 Å². The molecule has 4 nitrogen and oxygen atoms in total. The average molecular weight is 372 g/mol. The van der Waals surface area contributed by atoms with Crippen LogP contribution in [0, 0.1) is 5.92 Å². The number of anilines is 1. The Kier molecular flexibility index (Phi) is 4.05. The van der Waals surface area contributed by atoms with Crippen LogP contribution in [0.4, 0.5) is 19.0 Å². The Morgan fingerprint density at radius 2 is 1.74 bits per heavy atom. The Balaban J connectivity index is 1.89. The van der Waals surface area contributed by atoms with Gasteiger partial charge in [-0.2, -0.15) is 13.2 Å². The van der Waals surface area contributed by atoms with Crippen LogP contribution in [0.15, 0.2) is 48.8 Å². The topological polar surface area (TPSA) is 41.9 Å². The fraction of sp³-hybridized carbons (Fsp3) is 0.350. The molecule has 140 valence electrons. The van der Waals surface area contributed by atoms with E-state index < -0.39 is 17.6 Å². The molecule has 0 bridgehead atoms. The quantitative estimate of drug-likeness (QED) is 0.644. The number of halogens is 3. The van der Waals surface area contributed by atoms with Crippen molar-refractivity contribution in [3.63, 3.8) is 0 Å². The summed E-state index contributed by atoms with van der Waals surface area (Å²) in [6.07, 6.45) is -0.894. The van der Waals surface area contributed by atoms with Crippen LogP contribution in [-0.2, 0) is 0 Å². The molecule has 4 rings (SSSR count). The second-order valence-corrected chi connectivity index (χ2v) is 7.31. The summed E-state index contributed by atoms with van der Waals surface area (Å²) in [5.74, 6) is -0.371. The first-order valence-electron chi connectivity index (χ1n) is 8.80. The van der Waals surface area contributed by atoms with Gasteiger partial charge in [-0.3, -0.25) is 4.98 Å². The van der Waals surface area contributed by atoms with Crippen LogP contribution in [0.3, 0.4) is 0 Å². The highest BCUT2D eigenvalue weighted by Gasteiger charge is 2.55. The van der Waals surface area contributed by atoms with E-state index in [0.717, 1.165) is 10.9 Å². The van der Waals surface area contributed by atoms with Gasteiger partial charge in [-0.05, 0) is 44.5 Å². The molecule has 0 aliphatic carbocycles. The summed E-state index contributed by atoms with van der Waals surface area (Å²) >= 11 is 0. The molecule has 0 N–H and O–H groups in total. The van der Waals surface area contributed by atoms with Crippen molar-refractivity contribution in [1.29, 1.82) is 0 Å². The molecular formula is C20H19F3N4. The van der Waals surface area contributed by atoms with Crippen LogP contribution in [0.25, 0.3) is 22.3 Å². The van der Waals surface area contributed by atoms with Crippen LogP contribution < -0.4 is 4.90 Å². The Hall–Kier alpha value is -2.70. The number of hydrogen-bond donors (Lipinski definition) is 0. The zero-order valence-corrected chi connectivity index (χ0v) is 15.0. The molecule has 3 heterocycles. The van der Waals surface area contributed by atoms with Gasteiger partial charge in [0.1, 0.15) is 5.82 Å². The number of pyridine rings is 1. The molecule has 1 atom stereocenters. The van der Waals surface area contributed by atoms with Gasteiger partial charge in [-0.25, -0.2) is 9.97 Å². The Morgan fingerprint density at radius 3 is 2.41 bits per heavy atom. The van der Waals surface area contributed by atoms with Gasteiger partial charge in [0.2, 0.25) is 0 Å². The lowest BCUT2D eigenvalue weighted by Gasteiger charge is -2.38. The number of nitrogens with zero attached hydrogens (tertiary/aromatic N) is 4. The predicted molar refractivity (Wildman–Crippen MR) is 98.4 cm³/mol. The van der Waals surface area contributed by atoms with E-state index >= 15 is 0 Å². The molecule has 1 aromatic carbocycles. The summed E-state index contributed by atoms with van der Waals surface area (Å²) in [6.45, 7) is 3.58. The first-order chi connectivity index (χ1) is 12.8. The largest absolute Gasteiger partial charge is 0.394 e. The summed E-state index contributed by atoms with van der Waals surface area (Å²) in [5, 5.41) is 0.756. The smallest absolute Gasteiger partial charge is 0.350 e. The zero-order chi connectivity index (χ0) is 19.2. The molecule has 27 heavy (non-hydrogen) atoms. The lowest BCUT2D eigenvalue weighted by Crippen LogP contribution is -2.47. The lowest BCUT2D eigenvalue weighted by molar-refractivity contribution is -0.183. The standard InChI is InChI=1S/C20H19F3N4/c1-19(2)16(20(21,22)23)9-12-27(19)18-14-5-3-4-6-15(14)25-17(26-18)13-7-10-24-11-8-13/h3-8,10-11,16H,9,12H2,1-2H3. The lowest BCUT2D eigenvalue weighted by atomic mass is 9.88. The van der Waals surface area contributed by atoms with Crippen LogP contribution >= 0.6 is 0 Å². The monoisotopic (exact) mass is 372 g/mol. The third-order valence-electron chi connectivity index (χ3n) is 5.36. The van der Waals surface area contributed by atoms with Gasteiger partial charge in [0.15, 0.2) is 5.82 Å². The molecule has 0 spiro atoms. The highest BCUT2D eigenvalue weighted by molar-refractivity contribution is 5.91. The minimum Gasteiger partial charge on any atom is -0.350 e. The zero-order valence-electron chi connectivity index (χ0n) is 15.0. The third-order valence-corrected chi connectivity index (χ3v) is 5.36. The van der Waals surface area contributed by atoms with E-state index in [4.69, 9.17) is 0 Å². The fourth-order valence-electron chi connectivity index (χ4n) is 3.93. The van der Waals surface area contributed by atoms with E-state index in [1.165, 1.54) is 0 Å². The first kappa shape index (κ1) is 17.7. The molecule has 7 heteroatoms. The molecule has 0 amide bonds. The van der Waals surface area contributed by atoms with Crippen molar-refractivity contribution in [1.82, 2.24) is 15.0 Å². The first-order valence-corrected chi connectivity index (χ1v) is 8.80. The van der Waals surface area contributed by atoms with E-state index in [0.29, 0.717) is 23.7 Å². The summed E-state index contributed by atoms with van der Waals surface area (Å²) < 4.78 is 40.6. The summed E-state index contributed by atoms with van der Waals surface area (Å²) in [6, 6.07) is 11.0. The van der Waals surface area contributed by atoms with E-state index in [-0.39, 0.29) is 6.42 Å². The Morgan fingerprint density at radius 1 is 1.04 bits per heavy atom. The van der Waals surface area contributed by atoms with Crippen LogP contribution in [-0.4, -0.2) is 33.2 Å². The molecule has 1 saturated heterocycles. The van der Waals surface area contributed by atoms with E-state index in [1.807, 2.05) is 24.3 Å². The molecule has 3 aromatic rings. The van der Waals surface area contributed by atoms with E-state index in [9.17, 15) is 13.2 Å². The van der Waals surface area contributed by atoms with Gasteiger partial charge < -0.3 is 4.90 Å². The van der Waals surface area contributed by atoms with Crippen LogP contribution in [0.1, 0.15) is 20.3 Å². The molecule has 1 fully saturated rings. The number of para-hydroxylation sites is 1. The van der Waals surface area contributed by atoms with Crippen LogP contribution in [0.2, 0.25) is 0 Å². The predicted octanol–water partition coefficient (Wildman–Crippen LogP) is 4.86. The molecule has 0 radical (unpaired) electrons. The number of alkyl halides is 3. The third kappa shape index (κ3) is 3.01. The number of fused-ring (bicyclic) bond motifs is 1. The van der Waals surface area contributed by atoms with Crippen molar-refractivity contribution < 1.29 is 13.2 Å². The maximum Gasteiger partial charge on any atom is 0.394 e. The minimum absolute atomic E-state index is 0.0550. The van der Waals surface area contributed by atoms with Gasteiger partial charge in [0.25, 0.3) is 0 Å². The summed E-state index contributed by atoms with van der Waals surface area (Å²) in [4.78, 5) is 15.1. The molecule has 2 aromatic heterocycles. The highest BCUT2D eigenvalue weighted by Crippen LogP contribution is 2.47. The minimum atomic E-state index is -4.24. The Bertz CT molecular complexity index is 970. The normalized spacial score (nSPS) is 19.6. The SMILES string of the molecule is CC1(C)C(C(F)(F)F)CCN1c1nc(-c2ccncc2)nc2ccccc12. The van der Waals surface area contributed by atoms with Crippen LogP contribution in [0.5, 0.6) is 0 Å².